The van der Waals surface area contributed by atoms with Crippen molar-refractivity contribution in [2.24, 2.45) is 0 Å². The fraction of sp³-hybridized carbons (Fsp3) is 0.333. The monoisotopic (exact) mass is 336 g/mol. The predicted molar refractivity (Wildman–Crippen MR) is 96.4 cm³/mol. The summed E-state index contributed by atoms with van der Waals surface area (Å²) in [6.45, 7) is -0.0307. The zero-order valence-corrected chi connectivity index (χ0v) is 13.8. The van der Waals surface area contributed by atoms with E-state index < -0.39 is 0 Å². The Hall–Kier alpha value is -2.80. The van der Waals surface area contributed by atoms with Gasteiger partial charge >= 0.3 is 0 Å². The van der Waals surface area contributed by atoms with Gasteiger partial charge in [0, 0.05) is 30.0 Å². The van der Waals surface area contributed by atoms with Gasteiger partial charge in [0.15, 0.2) is 0 Å². The number of fused-ring (bicyclic) bond motifs is 1. The van der Waals surface area contributed by atoms with Crippen molar-refractivity contribution in [2.75, 3.05) is 5.32 Å². The largest absolute Gasteiger partial charge is 0.392 e. The van der Waals surface area contributed by atoms with E-state index in [1.165, 1.54) is 19.1 Å². The Bertz CT molecular complexity index is 896. The highest BCUT2D eigenvalue weighted by atomic mass is 16.3. The topological polar surface area (TPSA) is 99.7 Å². The number of aliphatic hydroxyl groups excluding tert-OH is 1. The Morgan fingerprint density at radius 3 is 2.76 bits per heavy atom. The minimum Gasteiger partial charge on any atom is -0.392 e. The lowest BCUT2D eigenvalue weighted by molar-refractivity contribution is 0.281. The predicted octanol–water partition coefficient (Wildman–Crippen LogP) is 3.17. The molecule has 1 fully saturated rings. The standard InChI is InChI=1S/C18H20N6O/c19-8-15-7-13-10-21-18(22-16-6-5-12(11-25)9-20-16)23-17(13)24(15)14-3-1-2-4-14/h5-10,14,19,25H,1-4,11H2,(H,20,21,22,23). The molecular formula is C18H20N6O. The lowest BCUT2D eigenvalue weighted by atomic mass is 10.2. The Labute approximate surface area is 145 Å². The van der Waals surface area contributed by atoms with Crippen LogP contribution in [0.15, 0.2) is 30.6 Å². The molecule has 3 heterocycles. The zero-order valence-electron chi connectivity index (χ0n) is 13.8. The maximum Gasteiger partial charge on any atom is 0.230 e. The molecule has 0 radical (unpaired) electrons. The molecule has 7 heteroatoms. The van der Waals surface area contributed by atoms with Crippen molar-refractivity contribution in [2.45, 2.75) is 38.3 Å². The van der Waals surface area contributed by atoms with E-state index in [2.05, 4.69) is 24.8 Å². The van der Waals surface area contributed by atoms with Gasteiger partial charge < -0.3 is 20.4 Å². The number of pyridine rings is 1. The second-order valence-corrected chi connectivity index (χ2v) is 6.33. The summed E-state index contributed by atoms with van der Waals surface area (Å²) >= 11 is 0. The van der Waals surface area contributed by atoms with Crippen molar-refractivity contribution in [3.05, 3.63) is 41.9 Å². The molecule has 0 amide bonds. The maximum atomic E-state index is 9.09. The number of anilines is 2. The normalized spacial score (nSPS) is 14.9. The number of nitrogens with one attached hydrogen (secondary N) is 2. The van der Waals surface area contributed by atoms with Gasteiger partial charge in [-0.15, -0.1) is 0 Å². The van der Waals surface area contributed by atoms with Crippen molar-refractivity contribution in [1.82, 2.24) is 19.5 Å². The van der Waals surface area contributed by atoms with E-state index in [1.54, 1.807) is 18.5 Å². The second-order valence-electron chi connectivity index (χ2n) is 6.33. The summed E-state index contributed by atoms with van der Waals surface area (Å²) < 4.78 is 2.17. The van der Waals surface area contributed by atoms with Gasteiger partial charge in [-0.2, -0.15) is 4.98 Å². The minimum absolute atomic E-state index is 0.0307. The third-order valence-electron chi connectivity index (χ3n) is 4.69. The van der Waals surface area contributed by atoms with Gasteiger partial charge in [-0.25, -0.2) is 9.97 Å². The molecule has 3 aromatic rings. The first-order valence-electron chi connectivity index (χ1n) is 8.50. The van der Waals surface area contributed by atoms with Crippen molar-refractivity contribution in [1.29, 1.82) is 5.41 Å². The van der Waals surface area contributed by atoms with Gasteiger partial charge in [0.1, 0.15) is 11.5 Å². The molecule has 3 N–H and O–H groups in total. The van der Waals surface area contributed by atoms with Gasteiger partial charge in [-0.1, -0.05) is 18.9 Å². The smallest absolute Gasteiger partial charge is 0.230 e. The van der Waals surface area contributed by atoms with E-state index >= 15 is 0 Å². The first kappa shape index (κ1) is 15.7. The summed E-state index contributed by atoms with van der Waals surface area (Å²) in [6, 6.07) is 5.97. The molecule has 128 valence electrons. The van der Waals surface area contributed by atoms with Crippen LogP contribution in [0, 0.1) is 5.41 Å². The van der Waals surface area contributed by atoms with Gasteiger partial charge in [-0.3, -0.25) is 0 Å². The quantitative estimate of drug-likeness (QED) is 0.621. The molecule has 25 heavy (non-hydrogen) atoms. The molecule has 3 aromatic heterocycles. The molecule has 0 aliphatic heterocycles. The lowest BCUT2D eigenvalue weighted by Gasteiger charge is -2.15. The first-order chi connectivity index (χ1) is 12.3. The van der Waals surface area contributed by atoms with Gasteiger partial charge in [0.05, 0.1) is 12.3 Å². The lowest BCUT2D eigenvalue weighted by Crippen LogP contribution is -2.09. The van der Waals surface area contributed by atoms with Crippen LogP contribution in [0.1, 0.15) is 43.0 Å². The number of aromatic nitrogens is 4. The van der Waals surface area contributed by atoms with E-state index in [0.29, 0.717) is 17.8 Å². The summed E-state index contributed by atoms with van der Waals surface area (Å²) in [6.07, 6.45) is 9.49. The number of hydrogen-bond donors (Lipinski definition) is 3. The second kappa shape index (κ2) is 6.60. The Balaban J connectivity index is 1.70. The fourth-order valence-corrected chi connectivity index (χ4v) is 3.45. The number of aliphatic hydroxyl groups is 1. The van der Waals surface area contributed by atoms with Crippen LogP contribution in [0.5, 0.6) is 0 Å². The summed E-state index contributed by atoms with van der Waals surface area (Å²) in [5.41, 5.74) is 2.49. The summed E-state index contributed by atoms with van der Waals surface area (Å²) in [5.74, 6) is 1.11. The fourth-order valence-electron chi connectivity index (χ4n) is 3.45. The molecule has 1 saturated carbocycles. The van der Waals surface area contributed by atoms with Crippen LogP contribution in [-0.4, -0.2) is 30.8 Å². The molecule has 0 saturated heterocycles. The molecule has 0 spiro atoms. The maximum absolute atomic E-state index is 9.09. The molecule has 1 aliphatic carbocycles. The van der Waals surface area contributed by atoms with E-state index in [1.807, 2.05) is 12.1 Å². The first-order valence-corrected chi connectivity index (χ1v) is 8.50. The van der Waals surface area contributed by atoms with Crippen LogP contribution in [0.3, 0.4) is 0 Å². The van der Waals surface area contributed by atoms with Crippen LogP contribution in [0.25, 0.3) is 11.0 Å². The van der Waals surface area contributed by atoms with Crippen LogP contribution in [0.4, 0.5) is 11.8 Å². The van der Waals surface area contributed by atoms with Crippen molar-refractivity contribution >= 4 is 29.0 Å². The summed E-state index contributed by atoms with van der Waals surface area (Å²) in [5, 5.41) is 20.9. The average molecular weight is 336 g/mol. The van der Waals surface area contributed by atoms with E-state index in [-0.39, 0.29) is 6.61 Å². The van der Waals surface area contributed by atoms with Gasteiger partial charge in [0.2, 0.25) is 5.95 Å². The average Bonchev–Trinajstić information content (AvgIpc) is 3.29. The van der Waals surface area contributed by atoms with E-state index in [0.717, 1.165) is 35.1 Å². The van der Waals surface area contributed by atoms with Crippen molar-refractivity contribution in [3.8, 4) is 0 Å². The molecular weight excluding hydrogens is 316 g/mol. The zero-order chi connectivity index (χ0) is 17.2. The third kappa shape index (κ3) is 2.98. The van der Waals surface area contributed by atoms with Gasteiger partial charge in [0.25, 0.3) is 0 Å². The molecule has 0 atom stereocenters. The van der Waals surface area contributed by atoms with Crippen LogP contribution in [0.2, 0.25) is 0 Å². The van der Waals surface area contributed by atoms with E-state index in [9.17, 15) is 0 Å². The third-order valence-corrected chi connectivity index (χ3v) is 4.69. The molecule has 0 unspecified atom stereocenters. The minimum atomic E-state index is -0.0307. The van der Waals surface area contributed by atoms with E-state index in [4.69, 9.17) is 10.5 Å². The molecule has 0 aromatic carbocycles. The number of nitrogens with zero attached hydrogens (tertiary/aromatic N) is 4. The Morgan fingerprint density at radius 2 is 2.08 bits per heavy atom. The molecule has 1 aliphatic rings. The molecule has 0 bridgehead atoms. The Kier molecular flexibility index (Phi) is 4.15. The van der Waals surface area contributed by atoms with Crippen molar-refractivity contribution < 1.29 is 5.11 Å². The SMILES string of the molecule is N=Cc1cc2cnc(Nc3ccc(CO)cn3)nc2n1C1CCCC1. The number of hydrogen-bond acceptors (Lipinski definition) is 6. The molecule has 7 nitrogen and oxygen atoms in total. The highest BCUT2D eigenvalue weighted by Crippen LogP contribution is 2.34. The van der Waals surface area contributed by atoms with Crippen molar-refractivity contribution in [3.63, 3.8) is 0 Å². The highest BCUT2D eigenvalue weighted by Gasteiger charge is 2.22. The Morgan fingerprint density at radius 1 is 1.24 bits per heavy atom. The van der Waals surface area contributed by atoms with Crippen LogP contribution < -0.4 is 5.32 Å². The summed E-state index contributed by atoms with van der Waals surface area (Å²) in [7, 11) is 0. The highest BCUT2D eigenvalue weighted by molar-refractivity contribution is 5.88. The van der Waals surface area contributed by atoms with Crippen LogP contribution in [-0.2, 0) is 6.61 Å². The van der Waals surface area contributed by atoms with Gasteiger partial charge in [-0.05, 0) is 30.5 Å². The summed E-state index contributed by atoms with van der Waals surface area (Å²) in [4.78, 5) is 13.3. The number of rotatable bonds is 5. The van der Waals surface area contributed by atoms with Crippen LogP contribution >= 0.6 is 0 Å². The molecule has 4 rings (SSSR count).